The molecular formula is C16H19F3O3. The van der Waals surface area contributed by atoms with E-state index in [0.29, 0.717) is 5.92 Å². The van der Waals surface area contributed by atoms with Crippen LogP contribution in [0.3, 0.4) is 0 Å². The van der Waals surface area contributed by atoms with E-state index in [9.17, 15) is 18.0 Å². The van der Waals surface area contributed by atoms with Crippen molar-refractivity contribution in [3.8, 4) is 11.5 Å². The van der Waals surface area contributed by atoms with Gasteiger partial charge in [-0.1, -0.05) is 13.3 Å². The number of carbonyl (C=O) groups excluding carboxylic acids is 1. The van der Waals surface area contributed by atoms with Gasteiger partial charge in [-0.15, -0.1) is 13.2 Å². The maximum atomic E-state index is 12.0. The van der Waals surface area contributed by atoms with Crippen molar-refractivity contribution in [2.24, 2.45) is 11.8 Å². The number of rotatable bonds is 4. The van der Waals surface area contributed by atoms with Crippen LogP contribution >= 0.6 is 0 Å². The summed E-state index contributed by atoms with van der Waals surface area (Å²) in [4.78, 5) is 12.0. The van der Waals surface area contributed by atoms with Crippen molar-refractivity contribution in [3.63, 3.8) is 0 Å². The van der Waals surface area contributed by atoms with E-state index in [4.69, 9.17) is 4.74 Å². The molecule has 2 rings (SSSR count). The molecule has 0 amide bonds. The Morgan fingerprint density at radius 3 is 2.14 bits per heavy atom. The Bertz CT molecular complexity index is 488. The normalized spacial score (nSPS) is 22.2. The second-order valence-corrected chi connectivity index (χ2v) is 5.57. The van der Waals surface area contributed by atoms with E-state index >= 15 is 0 Å². The third-order valence-electron chi connectivity index (χ3n) is 4.03. The summed E-state index contributed by atoms with van der Waals surface area (Å²) in [6.07, 6.45) is 0.0705. The lowest BCUT2D eigenvalue weighted by molar-refractivity contribution is -0.274. The Kier molecular flexibility index (Phi) is 5.32. The smallest absolute Gasteiger partial charge is 0.426 e. The number of esters is 1. The summed E-state index contributed by atoms with van der Waals surface area (Å²) in [5.41, 5.74) is 0. The zero-order chi connectivity index (χ0) is 16.2. The monoisotopic (exact) mass is 316 g/mol. The Morgan fingerprint density at radius 1 is 1.09 bits per heavy atom. The van der Waals surface area contributed by atoms with Crippen LogP contribution in [-0.4, -0.2) is 12.3 Å². The van der Waals surface area contributed by atoms with Crippen LogP contribution in [-0.2, 0) is 4.79 Å². The molecule has 0 saturated heterocycles. The topological polar surface area (TPSA) is 35.5 Å². The standard InChI is InChI=1S/C16H19F3O3/c1-2-11-3-5-12(6-4-11)15(20)21-13-7-9-14(10-8-13)22-16(17,18)19/h7-12H,2-6H2,1H3/t11-,12-. The predicted molar refractivity (Wildman–Crippen MR) is 74.5 cm³/mol. The average Bonchev–Trinajstić information content (AvgIpc) is 2.48. The minimum atomic E-state index is -4.73. The molecule has 1 fully saturated rings. The summed E-state index contributed by atoms with van der Waals surface area (Å²) in [5.74, 6) is 0.156. The van der Waals surface area contributed by atoms with Gasteiger partial charge in [0.05, 0.1) is 5.92 Å². The maximum absolute atomic E-state index is 12.0. The van der Waals surface area contributed by atoms with Crippen LogP contribution < -0.4 is 9.47 Å². The summed E-state index contributed by atoms with van der Waals surface area (Å²) >= 11 is 0. The van der Waals surface area contributed by atoms with Gasteiger partial charge in [-0.25, -0.2) is 0 Å². The molecule has 0 atom stereocenters. The van der Waals surface area contributed by atoms with Gasteiger partial charge in [-0.2, -0.15) is 0 Å². The van der Waals surface area contributed by atoms with E-state index in [2.05, 4.69) is 11.7 Å². The van der Waals surface area contributed by atoms with Crippen molar-refractivity contribution in [1.82, 2.24) is 0 Å². The molecular weight excluding hydrogens is 297 g/mol. The molecule has 1 aromatic carbocycles. The van der Waals surface area contributed by atoms with Crippen LogP contribution in [0.4, 0.5) is 13.2 Å². The highest BCUT2D eigenvalue weighted by Crippen LogP contribution is 2.32. The number of benzene rings is 1. The fraction of sp³-hybridized carbons (Fsp3) is 0.562. The van der Waals surface area contributed by atoms with Gasteiger partial charge < -0.3 is 9.47 Å². The number of carbonyl (C=O) groups is 1. The summed E-state index contributed by atoms with van der Waals surface area (Å²) in [6, 6.07) is 4.86. The number of halogens is 3. The molecule has 0 aromatic heterocycles. The number of alkyl halides is 3. The Balaban J connectivity index is 1.87. The minimum absolute atomic E-state index is 0.117. The first-order chi connectivity index (χ1) is 10.4. The van der Waals surface area contributed by atoms with Gasteiger partial charge in [0.15, 0.2) is 0 Å². The Morgan fingerprint density at radius 2 is 1.64 bits per heavy atom. The lowest BCUT2D eigenvalue weighted by atomic mass is 9.81. The molecule has 0 radical (unpaired) electrons. The van der Waals surface area contributed by atoms with Gasteiger partial charge in [0, 0.05) is 0 Å². The van der Waals surface area contributed by atoms with Crippen molar-refractivity contribution in [3.05, 3.63) is 24.3 Å². The van der Waals surface area contributed by atoms with Crippen molar-refractivity contribution in [1.29, 1.82) is 0 Å². The molecule has 0 N–H and O–H groups in total. The molecule has 3 nitrogen and oxygen atoms in total. The van der Waals surface area contributed by atoms with E-state index in [1.807, 2.05) is 0 Å². The molecule has 0 spiro atoms. The van der Waals surface area contributed by atoms with Crippen molar-refractivity contribution >= 4 is 5.97 Å². The highest BCUT2D eigenvalue weighted by molar-refractivity contribution is 5.75. The summed E-state index contributed by atoms with van der Waals surface area (Å²) in [7, 11) is 0. The molecule has 122 valence electrons. The van der Waals surface area contributed by atoms with Crippen molar-refractivity contribution in [2.45, 2.75) is 45.4 Å². The van der Waals surface area contributed by atoms with Crippen molar-refractivity contribution < 1.29 is 27.4 Å². The third-order valence-corrected chi connectivity index (χ3v) is 4.03. The summed E-state index contributed by atoms with van der Waals surface area (Å²) in [6.45, 7) is 2.15. The molecule has 6 heteroatoms. The van der Waals surface area contributed by atoms with Gasteiger partial charge >= 0.3 is 12.3 Å². The largest absolute Gasteiger partial charge is 0.573 e. The van der Waals surface area contributed by atoms with Crippen LogP contribution in [0.5, 0.6) is 11.5 Å². The molecule has 0 heterocycles. The lowest BCUT2D eigenvalue weighted by Crippen LogP contribution is -2.25. The van der Waals surface area contributed by atoms with E-state index in [0.717, 1.165) is 44.2 Å². The Labute approximate surface area is 127 Å². The van der Waals surface area contributed by atoms with Crippen LogP contribution in [0.1, 0.15) is 39.0 Å². The van der Waals surface area contributed by atoms with Crippen molar-refractivity contribution in [2.75, 3.05) is 0 Å². The second kappa shape index (κ2) is 7.03. The third kappa shape index (κ3) is 4.93. The highest BCUT2D eigenvalue weighted by atomic mass is 19.4. The molecule has 0 bridgehead atoms. The van der Waals surface area contributed by atoms with E-state index in [1.165, 1.54) is 12.1 Å². The zero-order valence-electron chi connectivity index (χ0n) is 12.4. The van der Waals surface area contributed by atoms with Crippen LogP contribution in [0.2, 0.25) is 0 Å². The van der Waals surface area contributed by atoms with Gasteiger partial charge in [0.1, 0.15) is 11.5 Å². The fourth-order valence-electron chi connectivity index (χ4n) is 2.72. The first-order valence-electron chi connectivity index (χ1n) is 7.45. The van der Waals surface area contributed by atoms with Gasteiger partial charge in [0.2, 0.25) is 0 Å². The van der Waals surface area contributed by atoms with Gasteiger partial charge in [0.25, 0.3) is 0 Å². The van der Waals surface area contributed by atoms with Gasteiger partial charge in [-0.05, 0) is 55.9 Å². The lowest BCUT2D eigenvalue weighted by Gasteiger charge is -2.26. The Hall–Kier alpha value is -1.72. The SMILES string of the molecule is CC[C@H]1CC[C@H](C(=O)Oc2ccc(OC(F)(F)F)cc2)CC1. The van der Waals surface area contributed by atoms with Gasteiger partial charge in [-0.3, -0.25) is 4.79 Å². The van der Waals surface area contributed by atoms with E-state index in [-0.39, 0.29) is 23.4 Å². The molecule has 1 aromatic rings. The maximum Gasteiger partial charge on any atom is 0.573 e. The fourth-order valence-corrected chi connectivity index (χ4v) is 2.72. The zero-order valence-corrected chi connectivity index (χ0v) is 12.4. The first-order valence-corrected chi connectivity index (χ1v) is 7.45. The molecule has 0 aliphatic heterocycles. The molecule has 1 aliphatic carbocycles. The summed E-state index contributed by atoms with van der Waals surface area (Å²) in [5, 5.41) is 0. The molecule has 0 unspecified atom stereocenters. The quantitative estimate of drug-likeness (QED) is 0.596. The minimum Gasteiger partial charge on any atom is -0.426 e. The van der Waals surface area contributed by atoms with Crippen LogP contribution in [0.15, 0.2) is 24.3 Å². The number of hydrogen-bond acceptors (Lipinski definition) is 3. The molecule has 1 saturated carbocycles. The average molecular weight is 316 g/mol. The molecule has 1 aliphatic rings. The predicted octanol–water partition coefficient (Wildman–Crippen LogP) is 4.71. The number of hydrogen-bond donors (Lipinski definition) is 0. The van der Waals surface area contributed by atoms with E-state index < -0.39 is 6.36 Å². The highest BCUT2D eigenvalue weighted by Gasteiger charge is 2.31. The van der Waals surface area contributed by atoms with Crippen LogP contribution in [0, 0.1) is 11.8 Å². The number of ether oxygens (including phenoxy) is 2. The summed E-state index contributed by atoms with van der Waals surface area (Å²) < 4.78 is 45.1. The second-order valence-electron chi connectivity index (χ2n) is 5.57. The first kappa shape index (κ1) is 16.6. The molecule has 22 heavy (non-hydrogen) atoms. The van der Waals surface area contributed by atoms with Crippen LogP contribution in [0.25, 0.3) is 0 Å². The van der Waals surface area contributed by atoms with E-state index in [1.54, 1.807) is 0 Å².